The van der Waals surface area contributed by atoms with Crippen LogP contribution >= 0.6 is 15.9 Å². The maximum atomic E-state index is 13.6. The Hall–Kier alpha value is -0.410. The maximum Gasteiger partial charge on any atom is 0.124 e. The first kappa shape index (κ1) is 17.0. The topological polar surface area (TPSA) is 12.0 Å². The van der Waals surface area contributed by atoms with Gasteiger partial charge >= 0.3 is 0 Å². The van der Waals surface area contributed by atoms with Gasteiger partial charge in [0.25, 0.3) is 0 Å². The van der Waals surface area contributed by atoms with Crippen LogP contribution < -0.4 is 5.32 Å². The first-order valence-electron chi connectivity index (χ1n) is 8.28. The molecule has 1 atom stereocenters. The van der Waals surface area contributed by atoms with E-state index in [1.807, 2.05) is 0 Å². The third-order valence-corrected chi connectivity index (χ3v) is 5.50. The fraction of sp³-hybridized carbons (Fsp3) is 0.667. The number of hydrogen-bond acceptors (Lipinski definition) is 1. The summed E-state index contributed by atoms with van der Waals surface area (Å²) in [6.45, 7) is 5.56. The van der Waals surface area contributed by atoms with Crippen LogP contribution in [0.5, 0.6) is 0 Å². The number of halogens is 2. The molecule has 1 aromatic carbocycles. The van der Waals surface area contributed by atoms with E-state index < -0.39 is 0 Å². The van der Waals surface area contributed by atoms with Crippen LogP contribution in [0.3, 0.4) is 0 Å². The zero-order valence-electron chi connectivity index (χ0n) is 13.2. The molecule has 1 aromatic rings. The summed E-state index contributed by atoms with van der Waals surface area (Å²) in [7, 11) is 0. The zero-order valence-corrected chi connectivity index (χ0v) is 14.8. The minimum absolute atomic E-state index is 0.148. The molecule has 21 heavy (non-hydrogen) atoms. The molecule has 1 fully saturated rings. The summed E-state index contributed by atoms with van der Waals surface area (Å²) in [6.07, 6.45) is 8.57. The minimum Gasteiger partial charge on any atom is -0.313 e. The summed E-state index contributed by atoms with van der Waals surface area (Å²) in [5.74, 6) is -0.148. The van der Waals surface area contributed by atoms with Crippen molar-refractivity contribution in [2.75, 3.05) is 6.54 Å². The van der Waals surface area contributed by atoms with Gasteiger partial charge in [0.15, 0.2) is 0 Å². The van der Waals surface area contributed by atoms with Gasteiger partial charge < -0.3 is 5.32 Å². The molecule has 0 amide bonds. The van der Waals surface area contributed by atoms with Gasteiger partial charge in [0.05, 0.1) is 0 Å². The lowest BCUT2D eigenvalue weighted by Crippen LogP contribution is -2.45. The molecule has 3 heteroatoms. The van der Waals surface area contributed by atoms with Crippen molar-refractivity contribution in [2.45, 2.75) is 64.8 Å². The van der Waals surface area contributed by atoms with E-state index in [-0.39, 0.29) is 5.82 Å². The van der Waals surface area contributed by atoms with Crippen molar-refractivity contribution < 1.29 is 4.39 Å². The van der Waals surface area contributed by atoms with Gasteiger partial charge in [-0.15, -0.1) is 0 Å². The lowest BCUT2D eigenvalue weighted by atomic mass is 9.74. The van der Waals surface area contributed by atoms with Gasteiger partial charge in [-0.2, -0.15) is 0 Å². The Kier molecular flexibility index (Phi) is 6.24. The first-order chi connectivity index (χ1) is 10.1. The van der Waals surface area contributed by atoms with Crippen molar-refractivity contribution in [3.63, 3.8) is 0 Å². The first-order valence-corrected chi connectivity index (χ1v) is 9.07. The molecule has 1 aliphatic rings. The molecule has 118 valence electrons. The van der Waals surface area contributed by atoms with Crippen molar-refractivity contribution in [3.8, 4) is 0 Å². The summed E-state index contributed by atoms with van der Waals surface area (Å²) in [5, 5.41) is 3.75. The Morgan fingerprint density at radius 1 is 1.24 bits per heavy atom. The average molecular weight is 356 g/mol. The molecule has 0 spiro atoms. The lowest BCUT2D eigenvalue weighted by Gasteiger charge is -2.38. The molecule has 1 nitrogen and oxygen atoms in total. The van der Waals surface area contributed by atoms with Gasteiger partial charge in [-0.25, -0.2) is 4.39 Å². The third kappa shape index (κ3) is 4.29. The Balaban J connectivity index is 2.19. The van der Waals surface area contributed by atoms with Crippen molar-refractivity contribution in [2.24, 2.45) is 5.41 Å². The highest BCUT2D eigenvalue weighted by atomic mass is 79.9. The Morgan fingerprint density at radius 2 is 1.95 bits per heavy atom. The van der Waals surface area contributed by atoms with Crippen LogP contribution in [-0.4, -0.2) is 12.6 Å². The van der Waals surface area contributed by atoms with Crippen molar-refractivity contribution >= 4 is 15.9 Å². The zero-order chi connectivity index (χ0) is 15.3. The van der Waals surface area contributed by atoms with E-state index in [1.165, 1.54) is 38.2 Å². The van der Waals surface area contributed by atoms with Gasteiger partial charge in [0.1, 0.15) is 5.82 Å². The molecule has 1 saturated carbocycles. The van der Waals surface area contributed by atoms with Crippen LogP contribution in [0.2, 0.25) is 0 Å². The van der Waals surface area contributed by atoms with Gasteiger partial charge in [-0.05, 0) is 67.8 Å². The fourth-order valence-corrected chi connectivity index (χ4v) is 4.33. The minimum atomic E-state index is -0.148. The van der Waals surface area contributed by atoms with E-state index >= 15 is 0 Å². The van der Waals surface area contributed by atoms with Gasteiger partial charge in [0.2, 0.25) is 0 Å². The molecule has 1 unspecified atom stereocenters. The van der Waals surface area contributed by atoms with Crippen LogP contribution in [0.4, 0.5) is 4.39 Å². The maximum absolute atomic E-state index is 13.6. The number of benzene rings is 1. The monoisotopic (exact) mass is 355 g/mol. The van der Waals surface area contributed by atoms with E-state index in [2.05, 4.69) is 41.2 Å². The lowest BCUT2D eigenvalue weighted by molar-refractivity contribution is 0.184. The van der Waals surface area contributed by atoms with E-state index in [0.717, 1.165) is 29.4 Å². The Bertz CT molecular complexity index is 434. The quantitative estimate of drug-likeness (QED) is 0.683. The Morgan fingerprint density at radius 3 is 2.52 bits per heavy atom. The predicted molar refractivity (Wildman–Crippen MR) is 91.1 cm³/mol. The predicted octanol–water partition coefficient (Wildman–Crippen LogP) is 5.47. The van der Waals surface area contributed by atoms with Crippen LogP contribution in [0.25, 0.3) is 0 Å². The van der Waals surface area contributed by atoms with Crippen LogP contribution in [-0.2, 0) is 6.42 Å². The molecule has 0 radical (unpaired) electrons. The molecule has 2 rings (SSSR count). The Labute approximate surface area is 136 Å². The summed E-state index contributed by atoms with van der Waals surface area (Å²) in [6, 6.07) is 5.73. The normalized spacial score (nSPS) is 18.9. The van der Waals surface area contributed by atoms with E-state index in [9.17, 15) is 4.39 Å². The second-order valence-electron chi connectivity index (χ2n) is 6.41. The fourth-order valence-electron chi connectivity index (χ4n) is 3.82. The molecule has 1 aliphatic carbocycles. The SMILES string of the molecule is CCCNC(Cc1cc(F)cc(Br)c1)C1(CC)CCCC1. The van der Waals surface area contributed by atoms with Gasteiger partial charge in [-0.1, -0.05) is 42.6 Å². The number of rotatable bonds is 7. The second kappa shape index (κ2) is 7.73. The summed E-state index contributed by atoms with van der Waals surface area (Å²) in [5.41, 5.74) is 1.49. The molecule has 0 saturated heterocycles. The molecule has 0 bridgehead atoms. The van der Waals surface area contributed by atoms with Crippen molar-refractivity contribution in [3.05, 3.63) is 34.1 Å². The smallest absolute Gasteiger partial charge is 0.124 e. The van der Waals surface area contributed by atoms with E-state index in [4.69, 9.17) is 0 Å². The highest BCUT2D eigenvalue weighted by Gasteiger charge is 2.39. The largest absolute Gasteiger partial charge is 0.313 e. The van der Waals surface area contributed by atoms with Gasteiger partial charge in [0, 0.05) is 10.5 Å². The van der Waals surface area contributed by atoms with Crippen LogP contribution in [0.15, 0.2) is 22.7 Å². The number of nitrogens with one attached hydrogen (secondary N) is 1. The van der Waals surface area contributed by atoms with Crippen molar-refractivity contribution in [1.82, 2.24) is 5.32 Å². The van der Waals surface area contributed by atoms with Crippen LogP contribution in [0, 0.1) is 11.2 Å². The molecule has 0 aromatic heterocycles. The summed E-state index contributed by atoms with van der Waals surface area (Å²) >= 11 is 3.41. The summed E-state index contributed by atoms with van der Waals surface area (Å²) in [4.78, 5) is 0. The highest BCUT2D eigenvalue weighted by molar-refractivity contribution is 9.10. The van der Waals surface area contributed by atoms with Crippen LogP contribution in [0.1, 0.15) is 57.9 Å². The number of hydrogen-bond donors (Lipinski definition) is 1. The van der Waals surface area contributed by atoms with Gasteiger partial charge in [-0.3, -0.25) is 0 Å². The molecular weight excluding hydrogens is 329 g/mol. The molecule has 0 heterocycles. The second-order valence-corrected chi connectivity index (χ2v) is 7.33. The molecule has 0 aliphatic heterocycles. The standard InChI is InChI=1S/C18H27BrFN/c1-3-9-21-17(18(4-2)7-5-6-8-18)12-14-10-15(19)13-16(20)11-14/h10-11,13,17,21H,3-9,12H2,1-2H3. The third-order valence-electron chi connectivity index (χ3n) is 5.05. The average Bonchev–Trinajstić information content (AvgIpc) is 2.92. The summed E-state index contributed by atoms with van der Waals surface area (Å²) < 4.78 is 14.5. The van der Waals surface area contributed by atoms with E-state index in [1.54, 1.807) is 6.07 Å². The molecule has 1 N–H and O–H groups in total. The molecular formula is C18H27BrFN. The highest BCUT2D eigenvalue weighted by Crippen LogP contribution is 2.44. The van der Waals surface area contributed by atoms with Crippen molar-refractivity contribution in [1.29, 1.82) is 0 Å². The van der Waals surface area contributed by atoms with E-state index in [0.29, 0.717) is 11.5 Å².